The maximum atomic E-state index is 12.7. The molecule has 3 nitrogen and oxygen atoms in total. The second kappa shape index (κ2) is 6.63. The predicted octanol–water partition coefficient (Wildman–Crippen LogP) is 5.33. The van der Waals surface area contributed by atoms with E-state index in [1.165, 1.54) is 11.1 Å². The molecule has 1 atom stereocenters. The molecule has 4 heteroatoms. The Labute approximate surface area is 142 Å². The largest absolute Gasteiger partial charge is 0.322 e. The van der Waals surface area contributed by atoms with Crippen LogP contribution in [0.1, 0.15) is 35.6 Å². The molecule has 1 N–H and O–H groups in total. The third-order valence-corrected chi connectivity index (χ3v) is 4.89. The van der Waals surface area contributed by atoms with Crippen LogP contribution in [0.3, 0.4) is 0 Å². The maximum absolute atomic E-state index is 12.7. The lowest BCUT2D eigenvalue weighted by molar-refractivity contribution is 0.207. The molecule has 23 heavy (non-hydrogen) atoms. The zero-order chi connectivity index (χ0) is 16.4. The molecule has 1 aliphatic heterocycles. The smallest absolute Gasteiger partial charge is 0.317 e. The van der Waals surface area contributed by atoms with Crippen LogP contribution in [0.25, 0.3) is 0 Å². The van der Waals surface area contributed by atoms with Crippen molar-refractivity contribution in [2.45, 2.75) is 32.7 Å². The van der Waals surface area contributed by atoms with Gasteiger partial charge in [0.15, 0.2) is 0 Å². The van der Waals surface area contributed by atoms with Crippen molar-refractivity contribution in [1.82, 2.24) is 4.90 Å². The number of amides is 2. The van der Waals surface area contributed by atoms with Crippen LogP contribution in [0, 0.1) is 13.8 Å². The number of anilines is 1. The summed E-state index contributed by atoms with van der Waals surface area (Å²) in [7, 11) is 0. The molecule has 1 aliphatic rings. The fourth-order valence-corrected chi connectivity index (χ4v) is 3.25. The highest BCUT2D eigenvalue weighted by Crippen LogP contribution is 2.33. The Hall–Kier alpha value is -2.00. The van der Waals surface area contributed by atoms with Crippen LogP contribution in [-0.4, -0.2) is 17.5 Å². The van der Waals surface area contributed by atoms with Gasteiger partial charge < -0.3 is 10.2 Å². The number of benzene rings is 2. The van der Waals surface area contributed by atoms with Crippen LogP contribution in [-0.2, 0) is 0 Å². The normalized spacial score (nSPS) is 17.3. The molecule has 3 rings (SSSR count). The monoisotopic (exact) mass is 328 g/mol. The first-order chi connectivity index (χ1) is 11.1. The minimum Gasteiger partial charge on any atom is -0.317 e. The van der Waals surface area contributed by atoms with Crippen molar-refractivity contribution in [2.75, 3.05) is 11.9 Å². The number of hydrogen-bond acceptors (Lipinski definition) is 1. The Bertz CT molecular complexity index is 712. The number of likely N-dealkylation sites (tertiary alicyclic amines) is 1. The summed E-state index contributed by atoms with van der Waals surface area (Å²) in [5.41, 5.74) is 4.11. The van der Waals surface area contributed by atoms with Gasteiger partial charge >= 0.3 is 6.03 Å². The van der Waals surface area contributed by atoms with Crippen molar-refractivity contribution in [1.29, 1.82) is 0 Å². The molecule has 2 aromatic rings. The molecule has 0 bridgehead atoms. The van der Waals surface area contributed by atoms with E-state index >= 15 is 0 Å². The van der Waals surface area contributed by atoms with Gasteiger partial charge in [0.05, 0.1) is 6.04 Å². The summed E-state index contributed by atoms with van der Waals surface area (Å²) in [6.45, 7) is 4.77. The minimum absolute atomic E-state index is 0.0570. The fraction of sp³-hybridized carbons (Fsp3) is 0.316. The van der Waals surface area contributed by atoms with Gasteiger partial charge in [-0.05, 0) is 49.9 Å². The van der Waals surface area contributed by atoms with E-state index in [1.54, 1.807) is 0 Å². The number of halogens is 1. The van der Waals surface area contributed by atoms with Gasteiger partial charge in [-0.2, -0.15) is 0 Å². The highest BCUT2D eigenvalue weighted by molar-refractivity contribution is 6.31. The molecule has 1 heterocycles. The molecular weight excluding hydrogens is 308 g/mol. The summed E-state index contributed by atoms with van der Waals surface area (Å²) < 4.78 is 0. The SMILES string of the molecule is Cc1ccc([C@@H]2CCCN2C(=O)Nc2cccc(Cl)c2C)cc1. The number of nitrogens with zero attached hydrogens (tertiary/aromatic N) is 1. The summed E-state index contributed by atoms with van der Waals surface area (Å²) in [6.07, 6.45) is 2.03. The van der Waals surface area contributed by atoms with Gasteiger partial charge in [-0.3, -0.25) is 0 Å². The zero-order valence-electron chi connectivity index (χ0n) is 13.5. The molecule has 0 aromatic heterocycles. The number of carbonyl (C=O) groups is 1. The Morgan fingerprint density at radius 2 is 1.91 bits per heavy atom. The molecule has 1 fully saturated rings. The number of aryl methyl sites for hydroxylation is 1. The Morgan fingerprint density at radius 1 is 1.17 bits per heavy atom. The maximum Gasteiger partial charge on any atom is 0.322 e. The van der Waals surface area contributed by atoms with Crippen LogP contribution >= 0.6 is 11.6 Å². The summed E-state index contributed by atoms with van der Waals surface area (Å²) in [6, 6.07) is 14.1. The lowest BCUT2D eigenvalue weighted by atomic mass is 10.0. The van der Waals surface area contributed by atoms with Crippen LogP contribution in [0.5, 0.6) is 0 Å². The lowest BCUT2D eigenvalue weighted by Gasteiger charge is -2.26. The number of carbonyl (C=O) groups excluding carboxylic acids is 1. The second-order valence-electron chi connectivity index (χ2n) is 6.10. The van der Waals surface area contributed by atoms with E-state index in [4.69, 9.17) is 11.6 Å². The Morgan fingerprint density at radius 3 is 2.65 bits per heavy atom. The van der Waals surface area contributed by atoms with Crippen LogP contribution in [0.15, 0.2) is 42.5 Å². The second-order valence-corrected chi connectivity index (χ2v) is 6.51. The van der Waals surface area contributed by atoms with Gasteiger partial charge in [-0.1, -0.05) is 47.5 Å². The van der Waals surface area contributed by atoms with Crippen molar-refractivity contribution in [3.8, 4) is 0 Å². The minimum atomic E-state index is -0.0570. The van der Waals surface area contributed by atoms with Gasteiger partial charge in [-0.15, -0.1) is 0 Å². The number of rotatable bonds is 2. The van der Waals surface area contributed by atoms with E-state index < -0.39 is 0 Å². The molecular formula is C19H21ClN2O. The summed E-state index contributed by atoms with van der Waals surface area (Å²) in [5.74, 6) is 0. The van der Waals surface area contributed by atoms with Crippen LogP contribution in [0.4, 0.5) is 10.5 Å². The van der Waals surface area contributed by atoms with Crippen molar-refractivity contribution >= 4 is 23.3 Å². The van der Waals surface area contributed by atoms with E-state index in [2.05, 4.69) is 36.5 Å². The Balaban J connectivity index is 1.78. The third-order valence-electron chi connectivity index (χ3n) is 4.49. The highest BCUT2D eigenvalue weighted by Gasteiger charge is 2.30. The van der Waals surface area contributed by atoms with Crippen molar-refractivity contribution in [2.24, 2.45) is 0 Å². The van der Waals surface area contributed by atoms with Crippen LogP contribution in [0.2, 0.25) is 5.02 Å². The first kappa shape index (κ1) is 15.9. The molecule has 0 unspecified atom stereocenters. The van der Waals surface area contributed by atoms with E-state index in [0.717, 1.165) is 30.6 Å². The van der Waals surface area contributed by atoms with Crippen molar-refractivity contribution in [3.05, 3.63) is 64.2 Å². The Kier molecular flexibility index (Phi) is 4.58. The third kappa shape index (κ3) is 3.35. The first-order valence-electron chi connectivity index (χ1n) is 7.95. The van der Waals surface area contributed by atoms with Crippen molar-refractivity contribution < 1.29 is 4.79 Å². The topological polar surface area (TPSA) is 32.3 Å². The lowest BCUT2D eigenvalue weighted by Crippen LogP contribution is -2.34. The average molecular weight is 329 g/mol. The van der Waals surface area contributed by atoms with Gasteiger partial charge in [0.1, 0.15) is 0 Å². The number of urea groups is 1. The molecule has 1 saturated heterocycles. The molecule has 0 radical (unpaired) electrons. The summed E-state index contributed by atoms with van der Waals surface area (Å²) in [5, 5.41) is 3.67. The van der Waals surface area contributed by atoms with Crippen molar-refractivity contribution in [3.63, 3.8) is 0 Å². The number of nitrogens with one attached hydrogen (secondary N) is 1. The average Bonchev–Trinajstić information content (AvgIpc) is 3.02. The summed E-state index contributed by atoms with van der Waals surface area (Å²) in [4.78, 5) is 14.6. The molecule has 2 aromatic carbocycles. The van der Waals surface area contributed by atoms with Gasteiger partial charge in [0.25, 0.3) is 0 Å². The van der Waals surface area contributed by atoms with E-state index in [9.17, 15) is 4.79 Å². The van der Waals surface area contributed by atoms with E-state index in [-0.39, 0.29) is 12.1 Å². The first-order valence-corrected chi connectivity index (χ1v) is 8.33. The van der Waals surface area contributed by atoms with E-state index in [0.29, 0.717) is 5.02 Å². The van der Waals surface area contributed by atoms with Gasteiger partial charge in [-0.25, -0.2) is 4.79 Å². The summed E-state index contributed by atoms with van der Waals surface area (Å²) >= 11 is 6.13. The quantitative estimate of drug-likeness (QED) is 0.794. The molecule has 120 valence electrons. The number of hydrogen-bond donors (Lipinski definition) is 1. The fourth-order valence-electron chi connectivity index (χ4n) is 3.07. The molecule has 0 spiro atoms. The highest BCUT2D eigenvalue weighted by atomic mass is 35.5. The van der Waals surface area contributed by atoms with Gasteiger partial charge in [0, 0.05) is 17.3 Å². The van der Waals surface area contributed by atoms with Gasteiger partial charge in [0.2, 0.25) is 0 Å². The van der Waals surface area contributed by atoms with E-state index in [1.807, 2.05) is 30.0 Å². The molecule has 0 saturated carbocycles. The predicted molar refractivity (Wildman–Crippen MR) is 95.1 cm³/mol. The molecule has 2 amide bonds. The molecule has 0 aliphatic carbocycles. The van der Waals surface area contributed by atoms with Crippen LogP contribution < -0.4 is 5.32 Å². The zero-order valence-corrected chi connectivity index (χ0v) is 14.2. The standard InChI is InChI=1S/C19H21ClN2O/c1-13-8-10-15(11-9-13)18-7-4-12-22(18)19(23)21-17-6-3-5-16(20)14(17)2/h3,5-6,8-11,18H,4,7,12H2,1-2H3,(H,21,23)/t18-/m0/s1.